The van der Waals surface area contributed by atoms with Gasteiger partial charge in [0.15, 0.2) is 0 Å². The Morgan fingerprint density at radius 2 is 1.02 bits per heavy atom. The number of allylic oxidation sites excluding steroid dienone is 4. The van der Waals surface area contributed by atoms with E-state index < -0.39 is 18.2 Å². The maximum atomic E-state index is 13.1. The third kappa shape index (κ3) is 33.5. The minimum Gasteiger partial charge on any atom is -0.462 e. The number of aliphatic hydroxyl groups excluding tert-OH is 2. The Morgan fingerprint density at radius 3 is 1.54 bits per heavy atom. The molecular formula is C44H83NO5. The Labute approximate surface area is 310 Å². The van der Waals surface area contributed by atoms with Crippen molar-refractivity contribution in [3.8, 4) is 0 Å². The highest BCUT2D eigenvalue weighted by molar-refractivity contribution is 5.77. The van der Waals surface area contributed by atoms with Crippen LogP contribution < -0.4 is 5.32 Å². The molecule has 0 aliphatic rings. The van der Waals surface area contributed by atoms with E-state index in [-0.39, 0.29) is 24.9 Å². The van der Waals surface area contributed by atoms with Crippen LogP contribution in [0.4, 0.5) is 0 Å². The highest BCUT2D eigenvalue weighted by Crippen LogP contribution is 2.16. The van der Waals surface area contributed by atoms with Gasteiger partial charge in [0.25, 0.3) is 0 Å². The molecule has 0 aliphatic carbocycles. The van der Waals surface area contributed by atoms with Gasteiger partial charge in [-0.25, -0.2) is 0 Å². The standard InChI is InChI=1S/C44H83NO5/c1-4-7-10-13-16-19-22-23-26-29-32-35-40(50-44(49)37-34-31-28-25-21-18-15-12-9-6-3)38-43(48)45-41(39-46)42(47)36-33-30-27-24-20-17-14-11-8-5-2/h12,15,23,26,40-42,46-47H,4-11,13-14,16-22,24-25,27-39H2,1-3H3,(H,45,48)/b15-12-,26-23-. The molecule has 3 unspecified atom stereocenters. The number of aliphatic hydroxyl groups is 2. The SMILES string of the molecule is CCC/C=C\CCCCCCCC(=O)OC(CCC/C=C\CCCCCCCC)CC(=O)NC(CO)C(O)CCCCCCCCCCCC. The molecule has 1 amide bonds. The first-order valence-electron chi connectivity index (χ1n) is 21.6. The second-order valence-corrected chi connectivity index (χ2v) is 14.7. The zero-order chi connectivity index (χ0) is 36.8. The summed E-state index contributed by atoms with van der Waals surface area (Å²) in [6, 6.07) is -0.704. The average molecular weight is 706 g/mol. The molecule has 0 aromatic rings. The Kier molecular flexibility index (Phi) is 37.3. The molecule has 0 spiro atoms. The first-order chi connectivity index (χ1) is 24.5. The average Bonchev–Trinajstić information content (AvgIpc) is 3.10. The lowest BCUT2D eigenvalue weighted by Crippen LogP contribution is -2.46. The minimum absolute atomic E-state index is 0.0558. The summed E-state index contributed by atoms with van der Waals surface area (Å²) in [5, 5.41) is 23.5. The first-order valence-corrected chi connectivity index (χ1v) is 21.6. The third-order valence-corrected chi connectivity index (χ3v) is 9.73. The normalized spacial score (nSPS) is 13.6. The van der Waals surface area contributed by atoms with Crippen molar-refractivity contribution in [2.45, 2.75) is 238 Å². The van der Waals surface area contributed by atoms with Crippen molar-refractivity contribution in [1.82, 2.24) is 5.32 Å². The molecule has 0 rings (SSSR count). The number of amides is 1. The second-order valence-electron chi connectivity index (χ2n) is 14.7. The predicted octanol–water partition coefficient (Wildman–Crippen LogP) is 12.0. The maximum absolute atomic E-state index is 13.1. The molecule has 0 saturated carbocycles. The van der Waals surface area contributed by atoms with Crippen molar-refractivity contribution in [2.75, 3.05) is 6.61 Å². The predicted molar refractivity (Wildman–Crippen MR) is 213 cm³/mol. The maximum Gasteiger partial charge on any atom is 0.306 e. The van der Waals surface area contributed by atoms with Gasteiger partial charge in [-0.05, 0) is 64.2 Å². The van der Waals surface area contributed by atoms with Crippen LogP contribution >= 0.6 is 0 Å². The van der Waals surface area contributed by atoms with Crippen LogP contribution in [-0.4, -0.2) is 46.9 Å². The van der Waals surface area contributed by atoms with E-state index in [0.29, 0.717) is 19.3 Å². The van der Waals surface area contributed by atoms with Crippen LogP contribution in [0.15, 0.2) is 24.3 Å². The highest BCUT2D eigenvalue weighted by Gasteiger charge is 2.24. The number of rotatable bonds is 38. The lowest BCUT2D eigenvalue weighted by molar-refractivity contribution is -0.151. The summed E-state index contributed by atoms with van der Waals surface area (Å²) < 4.78 is 5.85. The lowest BCUT2D eigenvalue weighted by atomic mass is 10.0. The number of esters is 1. The van der Waals surface area contributed by atoms with Crippen LogP contribution in [0.1, 0.15) is 220 Å². The molecule has 294 valence electrons. The Morgan fingerprint density at radius 1 is 0.560 bits per heavy atom. The lowest BCUT2D eigenvalue weighted by Gasteiger charge is -2.24. The van der Waals surface area contributed by atoms with Gasteiger partial charge >= 0.3 is 5.97 Å². The fraction of sp³-hybridized carbons (Fsp3) is 0.864. The Hall–Kier alpha value is -1.66. The molecule has 0 saturated heterocycles. The number of hydrogen-bond acceptors (Lipinski definition) is 5. The van der Waals surface area contributed by atoms with E-state index in [1.807, 2.05) is 0 Å². The van der Waals surface area contributed by atoms with Crippen LogP contribution in [-0.2, 0) is 14.3 Å². The Balaban J connectivity index is 4.64. The van der Waals surface area contributed by atoms with Gasteiger partial charge in [0.2, 0.25) is 5.91 Å². The number of ether oxygens (including phenoxy) is 1. The summed E-state index contributed by atoms with van der Waals surface area (Å²) >= 11 is 0. The summed E-state index contributed by atoms with van der Waals surface area (Å²) in [6.45, 7) is 6.37. The zero-order valence-corrected chi connectivity index (χ0v) is 33.3. The van der Waals surface area contributed by atoms with Gasteiger partial charge in [-0.15, -0.1) is 0 Å². The number of nitrogens with one attached hydrogen (secondary N) is 1. The quantitative estimate of drug-likeness (QED) is 0.0337. The van der Waals surface area contributed by atoms with Crippen LogP contribution in [0, 0.1) is 0 Å². The summed E-state index contributed by atoms with van der Waals surface area (Å²) in [5.41, 5.74) is 0. The molecule has 0 heterocycles. The van der Waals surface area contributed by atoms with E-state index in [4.69, 9.17) is 4.74 Å². The summed E-state index contributed by atoms with van der Waals surface area (Å²) in [5.74, 6) is -0.515. The number of carbonyl (C=O) groups excluding carboxylic acids is 2. The minimum atomic E-state index is -0.789. The van der Waals surface area contributed by atoms with Gasteiger partial charge in [0, 0.05) is 6.42 Å². The second kappa shape index (κ2) is 38.6. The molecule has 0 fully saturated rings. The van der Waals surface area contributed by atoms with E-state index in [0.717, 1.165) is 70.6 Å². The van der Waals surface area contributed by atoms with Crippen LogP contribution in [0.2, 0.25) is 0 Å². The molecule has 0 bridgehead atoms. The smallest absolute Gasteiger partial charge is 0.306 e. The van der Waals surface area contributed by atoms with Crippen LogP contribution in [0.25, 0.3) is 0 Å². The molecule has 0 aromatic heterocycles. The van der Waals surface area contributed by atoms with E-state index in [9.17, 15) is 19.8 Å². The largest absolute Gasteiger partial charge is 0.462 e. The number of carbonyl (C=O) groups is 2. The highest BCUT2D eigenvalue weighted by atomic mass is 16.5. The molecule has 0 aromatic carbocycles. The number of hydrogen-bond donors (Lipinski definition) is 3. The zero-order valence-electron chi connectivity index (χ0n) is 33.3. The van der Waals surface area contributed by atoms with Gasteiger partial charge in [0.05, 0.1) is 25.2 Å². The van der Waals surface area contributed by atoms with Crippen molar-refractivity contribution < 1.29 is 24.5 Å². The third-order valence-electron chi connectivity index (χ3n) is 9.73. The molecule has 50 heavy (non-hydrogen) atoms. The molecule has 6 heteroatoms. The Bertz CT molecular complexity index is 797. The topological polar surface area (TPSA) is 95.9 Å². The summed E-state index contributed by atoms with van der Waals surface area (Å²) in [6.07, 6.45) is 41.0. The van der Waals surface area contributed by atoms with Gasteiger partial charge in [0.1, 0.15) is 6.10 Å². The molecule has 6 nitrogen and oxygen atoms in total. The van der Waals surface area contributed by atoms with Gasteiger partial charge in [-0.3, -0.25) is 9.59 Å². The molecular weight excluding hydrogens is 622 g/mol. The van der Waals surface area contributed by atoms with Crippen molar-refractivity contribution in [2.24, 2.45) is 0 Å². The van der Waals surface area contributed by atoms with E-state index in [1.165, 1.54) is 103 Å². The molecule has 0 aliphatic heterocycles. The van der Waals surface area contributed by atoms with Crippen LogP contribution in [0.5, 0.6) is 0 Å². The van der Waals surface area contributed by atoms with Gasteiger partial charge in [-0.1, -0.05) is 167 Å². The van der Waals surface area contributed by atoms with Gasteiger partial charge in [-0.2, -0.15) is 0 Å². The summed E-state index contributed by atoms with van der Waals surface area (Å²) in [7, 11) is 0. The van der Waals surface area contributed by atoms with E-state index >= 15 is 0 Å². The summed E-state index contributed by atoms with van der Waals surface area (Å²) in [4.78, 5) is 25.8. The van der Waals surface area contributed by atoms with E-state index in [1.54, 1.807) is 0 Å². The monoisotopic (exact) mass is 706 g/mol. The van der Waals surface area contributed by atoms with Gasteiger partial charge < -0.3 is 20.3 Å². The van der Waals surface area contributed by atoms with Crippen molar-refractivity contribution in [3.63, 3.8) is 0 Å². The fourth-order valence-corrected chi connectivity index (χ4v) is 6.43. The van der Waals surface area contributed by atoms with Crippen molar-refractivity contribution >= 4 is 11.9 Å². The molecule has 0 radical (unpaired) electrons. The van der Waals surface area contributed by atoms with E-state index in [2.05, 4.69) is 50.4 Å². The van der Waals surface area contributed by atoms with Crippen molar-refractivity contribution in [1.29, 1.82) is 0 Å². The van der Waals surface area contributed by atoms with Crippen molar-refractivity contribution in [3.05, 3.63) is 24.3 Å². The molecule has 3 atom stereocenters. The van der Waals surface area contributed by atoms with Crippen LogP contribution in [0.3, 0.4) is 0 Å². The first kappa shape index (κ1) is 48.3. The fourth-order valence-electron chi connectivity index (χ4n) is 6.43. The molecule has 3 N–H and O–H groups in total. The number of unbranched alkanes of at least 4 members (excludes halogenated alkanes) is 22.